The molecule has 0 aliphatic heterocycles. The summed E-state index contributed by atoms with van der Waals surface area (Å²) in [6.45, 7) is -2.60. The number of tetrazole rings is 1. The van der Waals surface area contributed by atoms with E-state index in [1.54, 1.807) is 0 Å². The van der Waals surface area contributed by atoms with E-state index in [1.165, 1.54) is 17.2 Å². The number of halogens is 2. The van der Waals surface area contributed by atoms with Crippen LogP contribution in [0.5, 0.6) is 0 Å². The fourth-order valence-corrected chi connectivity index (χ4v) is 1.78. The molecule has 6 nitrogen and oxygen atoms in total. The van der Waals surface area contributed by atoms with Crippen molar-refractivity contribution in [1.29, 1.82) is 0 Å². The van der Waals surface area contributed by atoms with Crippen molar-refractivity contribution < 1.29 is 8.78 Å². The summed E-state index contributed by atoms with van der Waals surface area (Å²) >= 11 is 0. The Morgan fingerprint density at radius 2 is 1.95 bits per heavy atom. The number of rotatable bonds is 4. The Morgan fingerprint density at radius 3 is 2.70 bits per heavy atom. The van der Waals surface area contributed by atoms with Gasteiger partial charge in [0, 0.05) is 18.0 Å². The molecular weight excluding hydrogens is 266 g/mol. The second-order valence-electron chi connectivity index (χ2n) is 4.04. The lowest BCUT2D eigenvalue weighted by molar-refractivity contribution is 0.0663. The molecule has 0 N–H and O–H groups in total. The maximum Gasteiger partial charge on any atom is 0.319 e. The number of hydrogen-bond acceptors (Lipinski definition) is 4. The first kappa shape index (κ1) is 12.4. The Kier molecular flexibility index (Phi) is 3.20. The van der Waals surface area contributed by atoms with E-state index < -0.39 is 6.55 Å². The van der Waals surface area contributed by atoms with Crippen molar-refractivity contribution in [2.45, 2.75) is 13.1 Å². The molecule has 0 unspecified atom stereocenters. The first-order valence-electron chi connectivity index (χ1n) is 5.87. The Bertz CT molecular complexity index is 691. The highest BCUT2D eigenvalue weighted by Gasteiger charge is 2.13. The fourth-order valence-electron chi connectivity index (χ4n) is 1.78. The quantitative estimate of drug-likeness (QED) is 0.731. The molecule has 2 aromatic heterocycles. The van der Waals surface area contributed by atoms with Gasteiger partial charge in [0.05, 0.1) is 0 Å². The minimum atomic E-state index is -2.63. The molecule has 0 amide bonds. The zero-order valence-corrected chi connectivity index (χ0v) is 10.3. The van der Waals surface area contributed by atoms with Crippen molar-refractivity contribution in [1.82, 2.24) is 29.8 Å². The van der Waals surface area contributed by atoms with E-state index >= 15 is 0 Å². The summed E-state index contributed by atoms with van der Waals surface area (Å²) in [4.78, 5) is 5.11. The highest BCUT2D eigenvalue weighted by Crippen LogP contribution is 2.14. The zero-order valence-electron chi connectivity index (χ0n) is 10.3. The summed E-state index contributed by atoms with van der Waals surface area (Å²) in [5.74, 6) is 0.623. The molecule has 102 valence electrons. The van der Waals surface area contributed by atoms with Crippen LogP contribution in [0.15, 0.2) is 42.7 Å². The van der Waals surface area contributed by atoms with Crippen molar-refractivity contribution >= 4 is 0 Å². The van der Waals surface area contributed by atoms with Crippen molar-refractivity contribution in [3.63, 3.8) is 0 Å². The third-order valence-corrected chi connectivity index (χ3v) is 2.73. The van der Waals surface area contributed by atoms with Gasteiger partial charge in [-0.1, -0.05) is 30.3 Å². The fraction of sp³-hybridized carbons (Fsp3) is 0.167. The maximum absolute atomic E-state index is 12.7. The second-order valence-corrected chi connectivity index (χ2v) is 4.04. The Hall–Kier alpha value is -2.64. The predicted molar refractivity (Wildman–Crippen MR) is 65.8 cm³/mol. The highest BCUT2D eigenvalue weighted by molar-refractivity contribution is 5.52. The van der Waals surface area contributed by atoms with Crippen LogP contribution in [0, 0.1) is 0 Å². The SMILES string of the molecule is FC(F)n1ccnc1Cn1nnc(-c2ccccc2)n1. The van der Waals surface area contributed by atoms with E-state index in [0.29, 0.717) is 5.82 Å². The minimum absolute atomic E-state index is 0.0389. The minimum Gasteiger partial charge on any atom is -0.276 e. The summed E-state index contributed by atoms with van der Waals surface area (Å²) in [5.41, 5.74) is 0.816. The predicted octanol–water partition coefficient (Wildman–Crippen LogP) is 1.98. The van der Waals surface area contributed by atoms with Crippen LogP contribution in [-0.4, -0.2) is 29.8 Å². The van der Waals surface area contributed by atoms with Gasteiger partial charge in [0.1, 0.15) is 12.4 Å². The second kappa shape index (κ2) is 5.16. The van der Waals surface area contributed by atoms with Crippen LogP contribution in [-0.2, 0) is 6.54 Å². The largest absolute Gasteiger partial charge is 0.319 e. The Labute approximate surface area is 112 Å². The van der Waals surface area contributed by atoms with Crippen LogP contribution in [0.2, 0.25) is 0 Å². The molecule has 2 heterocycles. The van der Waals surface area contributed by atoms with Gasteiger partial charge in [0.2, 0.25) is 5.82 Å². The van der Waals surface area contributed by atoms with E-state index in [-0.39, 0.29) is 12.4 Å². The lowest BCUT2D eigenvalue weighted by Crippen LogP contribution is -2.11. The smallest absolute Gasteiger partial charge is 0.276 e. The van der Waals surface area contributed by atoms with Gasteiger partial charge in [0.25, 0.3) is 0 Å². The summed E-state index contributed by atoms with van der Waals surface area (Å²) < 4.78 is 26.2. The molecule has 0 aliphatic rings. The van der Waals surface area contributed by atoms with Crippen LogP contribution < -0.4 is 0 Å². The van der Waals surface area contributed by atoms with E-state index in [1.807, 2.05) is 30.3 Å². The average molecular weight is 276 g/mol. The van der Waals surface area contributed by atoms with Crippen LogP contribution in [0.25, 0.3) is 11.4 Å². The van der Waals surface area contributed by atoms with Crippen molar-refractivity contribution in [2.75, 3.05) is 0 Å². The lowest BCUT2D eigenvalue weighted by atomic mass is 10.2. The summed E-state index contributed by atoms with van der Waals surface area (Å²) in [6.07, 6.45) is 2.53. The monoisotopic (exact) mass is 276 g/mol. The molecule has 0 saturated carbocycles. The number of aromatic nitrogens is 6. The van der Waals surface area contributed by atoms with Gasteiger partial charge in [-0.2, -0.15) is 13.6 Å². The Balaban J connectivity index is 1.83. The lowest BCUT2D eigenvalue weighted by Gasteiger charge is -2.04. The molecule has 0 spiro atoms. The summed E-state index contributed by atoms with van der Waals surface area (Å²) in [5, 5.41) is 11.9. The maximum atomic E-state index is 12.7. The van der Waals surface area contributed by atoms with Crippen LogP contribution in [0.1, 0.15) is 12.4 Å². The Morgan fingerprint density at radius 1 is 1.15 bits per heavy atom. The number of imidazole rings is 1. The standard InChI is InChI=1S/C12H10F2N6/c13-12(14)19-7-6-15-10(19)8-20-17-11(16-18-20)9-4-2-1-3-5-9/h1-7,12H,8H2. The van der Waals surface area contributed by atoms with Crippen LogP contribution >= 0.6 is 0 Å². The molecule has 0 saturated heterocycles. The first-order valence-corrected chi connectivity index (χ1v) is 5.87. The third kappa shape index (κ3) is 2.40. The van der Waals surface area contributed by atoms with Crippen molar-refractivity contribution in [3.8, 4) is 11.4 Å². The molecule has 0 fully saturated rings. The van der Waals surface area contributed by atoms with Gasteiger partial charge in [-0.3, -0.25) is 4.57 Å². The van der Waals surface area contributed by atoms with E-state index in [0.717, 1.165) is 10.1 Å². The molecule has 3 aromatic rings. The van der Waals surface area contributed by atoms with Crippen molar-refractivity contribution in [2.24, 2.45) is 0 Å². The number of alkyl halides is 2. The van der Waals surface area contributed by atoms with Gasteiger partial charge >= 0.3 is 6.55 Å². The molecule has 0 aliphatic carbocycles. The molecular formula is C12H10F2N6. The molecule has 0 bridgehead atoms. The van der Waals surface area contributed by atoms with Crippen molar-refractivity contribution in [3.05, 3.63) is 48.5 Å². The van der Waals surface area contributed by atoms with Gasteiger partial charge in [-0.25, -0.2) is 4.98 Å². The first-order chi connectivity index (χ1) is 9.74. The summed E-state index contributed by atoms with van der Waals surface area (Å²) in [7, 11) is 0. The molecule has 8 heteroatoms. The highest BCUT2D eigenvalue weighted by atomic mass is 19.3. The number of benzene rings is 1. The molecule has 0 atom stereocenters. The third-order valence-electron chi connectivity index (χ3n) is 2.73. The van der Waals surface area contributed by atoms with Gasteiger partial charge in [0.15, 0.2) is 0 Å². The molecule has 3 rings (SSSR count). The van der Waals surface area contributed by atoms with E-state index in [2.05, 4.69) is 20.4 Å². The summed E-state index contributed by atoms with van der Waals surface area (Å²) in [6, 6.07) is 9.30. The van der Waals surface area contributed by atoms with Crippen LogP contribution in [0.4, 0.5) is 8.78 Å². The van der Waals surface area contributed by atoms with Crippen LogP contribution in [0.3, 0.4) is 0 Å². The number of hydrogen-bond donors (Lipinski definition) is 0. The molecule has 20 heavy (non-hydrogen) atoms. The molecule has 0 radical (unpaired) electrons. The molecule has 1 aromatic carbocycles. The van der Waals surface area contributed by atoms with Gasteiger partial charge in [-0.05, 0) is 5.21 Å². The number of nitrogens with zero attached hydrogens (tertiary/aromatic N) is 6. The topological polar surface area (TPSA) is 61.4 Å². The zero-order chi connectivity index (χ0) is 13.9. The van der Waals surface area contributed by atoms with E-state index in [4.69, 9.17) is 0 Å². The van der Waals surface area contributed by atoms with Gasteiger partial charge in [-0.15, -0.1) is 10.2 Å². The van der Waals surface area contributed by atoms with E-state index in [9.17, 15) is 8.78 Å². The average Bonchev–Trinajstić information content (AvgIpc) is 3.09. The van der Waals surface area contributed by atoms with Gasteiger partial charge < -0.3 is 0 Å². The normalized spacial score (nSPS) is 11.2.